The Morgan fingerprint density at radius 2 is 2.20 bits per heavy atom. The fraction of sp³-hybridized carbons (Fsp3) is 0.500. The minimum absolute atomic E-state index is 0.00257. The molecule has 0 radical (unpaired) electrons. The number of halogens is 1. The summed E-state index contributed by atoms with van der Waals surface area (Å²) in [6.07, 6.45) is 4.41. The van der Waals surface area contributed by atoms with Crippen LogP contribution in [0.4, 0.5) is 0 Å². The molecule has 15 heavy (non-hydrogen) atoms. The Balaban J connectivity index is 2.05. The third-order valence-corrected chi connectivity index (χ3v) is 3.87. The van der Waals surface area contributed by atoms with Gasteiger partial charge < -0.3 is 10.5 Å². The molecule has 1 fully saturated rings. The van der Waals surface area contributed by atoms with E-state index in [9.17, 15) is 0 Å². The van der Waals surface area contributed by atoms with Crippen LogP contribution < -0.4 is 10.5 Å². The largest absolute Gasteiger partial charge is 0.485 e. The van der Waals surface area contributed by atoms with E-state index in [-0.39, 0.29) is 11.6 Å². The van der Waals surface area contributed by atoms with E-state index in [0.717, 1.165) is 30.6 Å². The molecule has 1 aromatic rings. The van der Waals surface area contributed by atoms with Crippen LogP contribution >= 0.6 is 11.6 Å². The van der Waals surface area contributed by atoms with Crippen LogP contribution in [0.3, 0.4) is 0 Å². The Morgan fingerprint density at radius 1 is 1.40 bits per heavy atom. The summed E-state index contributed by atoms with van der Waals surface area (Å²) in [7, 11) is 0. The highest BCUT2D eigenvalue weighted by Crippen LogP contribution is 2.49. The standard InChI is InChI=1S/C12H14ClNO/c13-9-4-1-3-8-10(14)7-12(5-2-6-12)15-11(8)9/h1,3-4,10H,2,5-7,14H2. The van der Waals surface area contributed by atoms with Gasteiger partial charge in [-0.1, -0.05) is 23.7 Å². The molecule has 1 saturated carbocycles. The Kier molecular flexibility index (Phi) is 1.98. The predicted octanol–water partition coefficient (Wildman–Crippen LogP) is 3.05. The average molecular weight is 224 g/mol. The lowest BCUT2D eigenvalue weighted by molar-refractivity contribution is -0.0328. The van der Waals surface area contributed by atoms with Gasteiger partial charge in [-0.05, 0) is 25.3 Å². The fourth-order valence-electron chi connectivity index (χ4n) is 2.57. The topological polar surface area (TPSA) is 35.2 Å². The second-order valence-electron chi connectivity index (χ2n) is 4.61. The highest BCUT2D eigenvalue weighted by Gasteiger charge is 2.45. The number of hydrogen-bond donors (Lipinski definition) is 1. The second kappa shape index (κ2) is 3.13. The van der Waals surface area contributed by atoms with Gasteiger partial charge in [-0.15, -0.1) is 0 Å². The van der Waals surface area contributed by atoms with Gasteiger partial charge in [-0.25, -0.2) is 0 Å². The van der Waals surface area contributed by atoms with Crippen molar-refractivity contribution in [3.63, 3.8) is 0 Å². The molecule has 80 valence electrons. The summed E-state index contributed by atoms with van der Waals surface area (Å²) in [4.78, 5) is 0. The molecule has 1 atom stereocenters. The van der Waals surface area contributed by atoms with Crippen LogP contribution in [0.15, 0.2) is 18.2 Å². The van der Waals surface area contributed by atoms with Crippen LogP contribution in [-0.4, -0.2) is 5.60 Å². The van der Waals surface area contributed by atoms with E-state index in [1.807, 2.05) is 18.2 Å². The molecule has 0 bridgehead atoms. The van der Waals surface area contributed by atoms with Crippen LogP contribution in [0.2, 0.25) is 5.02 Å². The molecule has 1 spiro atoms. The van der Waals surface area contributed by atoms with E-state index >= 15 is 0 Å². The highest BCUT2D eigenvalue weighted by molar-refractivity contribution is 6.32. The van der Waals surface area contributed by atoms with Crippen LogP contribution in [0.1, 0.15) is 37.3 Å². The second-order valence-corrected chi connectivity index (χ2v) is 5.01. The van der Waals surface area contributed by atoms with Crippen molar-refractivity contribution >= 4 is 11.6 Å². The van der Waals surface area contributed by atoms with Gasteiger partial charge in [0.15, 0.2) is 0 Å². The zero-order chi connectivity index (χ0) is 10.5. The van der Waals surface area contributed by atoms with E-state index in [1.165, 1.54) is 6.42 Å². The SMILES string of the molecule is NC1CC2(CCC2)Oc2c(Cl)cccc21. The lowest BCUT2D eigenvalue weighted by atomic mass is 9.73. The van der Waals surface area contributed by atoms with Crippen LogP contribution in [0.5, 0.6) is 5.75 Å². The molecule has 2 aliphatic rings. The smallest absolute Gasteiger partial charge is 0.143 e. The number of fused-ring (bicyclic) bond motifs is 1. The quantitative estimate of drug-likeness (QED) is 0.734. The minimum Gasteiger partial charge on any atom is -0.485 e. The first-order valence-electron chi connectivity index (χ1n) is 5.43. The first kappa shape index (κ1) is 9.49. The predicted molar refractivity (Wildman–Crippen MR) is 60.2 cm³/mol. The molecular formula is C12H14ClNO. The van der Waals surface area contributed by atoms with Crippen LogP contribution in [0.25, 0.3) is 0 Å². The first-order valence-corrected chi connectivity index (χ1v) is 5.81. The maximum Gasteiger partial charge on any atom is 0.143 e. The van der Waals surface area contributed by atoms with E-state index in [4.69, 9.17) is 22.1 Å². The normalized spacial score (nSPS) is 26.7. The number of nitrogens with two attached hydrogens (primary N) is 1. The number of hydrogen-bond acceptors (Lipinski definition) is 2. The molecule has 0 saturated heterocycles. The van der Waals surface area contributed by atoms with Gasteiger partial charge in [0.25, 0.3) is 0 Å². The number of ether oxygens (including phenoxy) is 1. The summed E-state index contributed by atoms with van der Waals surface area (Å²) >= 11 is 6.14. The van der Waals surface area contributed by atoms with Crippen molar-refractivity contribution in [3.8, 4) is 5.75 Å². The van der Waals surface area contributed by atoms with Crippen molar-refractivity contribution in [2.45, 2.75) is 37.3 Å². The lowest BCUT2D eigenvalue weighted by Gasteiger charge is -2.47. The lowest BCUT2D eigenvalue weighted by Crippen LogP contribution is -2.48. The zero-order valence-corrected chi connectivity index (χ0v) is 9.26. The molecule has 1 unspecified atom stereocenters. The van der Waals surface area contributed by atoms with Gasteiger partial charge in [0, 0.05) is 18.0 Å². The minimum atomic E-state index is -0.00257. The maximum absolute atomic E-state index is 6.16. The Bertz CT molecular complexity index is 401. The first-order chi connectivity index (χ1) is 7.20. The van der Waals surface area contributed by atoms with E-state index in [0.29, 0.717) is 5.02 Å². The van der Waals surface area contributed by atoms with Gasteiger partial charge in [0.2, 0.25) is 0 Å². The van der Waals surface area contributed by atoms with Gasteiger partial charge in [-0.3, -0.25) is 0 Å². The zero-order valence-electron chi connectivity index (χ0n) is 8.50. The maximum atomic E-state index is 6.16. The molecule has 3 heteroatoms. The van der Waals surface area contributed by atoms with Crippen molar-refractivity contribution in [3.05, 3.63) is 28.8 Å². The average Bonchev–Trinajstić information content (AvgIpc) is 2.17. The van der Waals surface area contributed by atoms with Gasteiger partial charge in [0.1, 0.15) is 11.4 Å². The van der Waals surface area contributed by atoms with E-state index in [2.05, 4.69) is 0 Å². The Labute approximate surface area is 94.4 Å². The third kappa shape index (κ3) is 1.35. The number of benzene rings is 1. The highest BCUT2D eigenvalue weighted by atomic mass is 35.5. The molecule has 1 aromatic carbocycles. The van der Waals surface area contributed by atoms with Crippen LogP contribution in [-0.2, 0) is 0 Å². The molecule has 0 amide bonds. The van der Waals surface area contributed by atoms with E-state index in [1.54, 1.807) is 0 Å². The summed E-state index contributed by atoms with van der Waals surface area (Å²) in [6, 6.07) is 5.89. The number of para-hydroxylation sites is 1. The number of rotatable bonds is 0. The molecular weight excluding hydrogens is 210 g/mol. The van der Waals surface area contributed by atoms with Gasteiger partial charge in [0.05, 0.1) is 5.02 Å². The molecule has 3 rings (SSSR count). The van der Waals surface area contributed by atoms with Crippen LogP contribution in [0, 0.1) is 0 Å². The molecule has 2 N–H and O–H groups in total. The fourth-order valence-corrected chi connectivity index (χ4v) is 2.79. The summed E-state index contributed by atoms with van der Waals surface area (Å²) in [5.41, 5.74) is 7.21. The molecule has 0 aromatic heterocycles. The third-order valence-electron chi connectivity index (χ3n) is 3.57. The van der Waals surface area contributed by atoms with Crippen molar-refractivity contribution in [2.24, 2.45) is 5.73 Å². The summed E-state index contributed by atoms with van der Waals surface area (Å²) in [5.74, 6) is 0.817. The Morgan fingerprint density at radius 3 is 2.87 bits per heavy atom. The molecule has 1 aliphatic carbocycles. The van der Waals surface area contributed by atoms with Crippen molar-refractivity contribution in [1.29, 1.82) is 0 Å². The summed E-state index contributed by atoms with van der Waals surface area (Å²) in [5, 5.41) is 0.689. The summed E-state index contributed by atoms with van der Waals surface area (Å²) in [6.45, 7) is 0. The molecule has 2 nitrogen and oxygen atoms in total. The van der Waals surface area contributed by atoms with Crippen molar-refractivity contribution < 1.29 is 4.74 Å². The van der Waals surface area contributed by atoms with Gasteiger partial charge in [-0.2, -0.15) is 0 Å². The van der Waals surface area contributed by atoms with Crippen molar-refractivity contribution in [2.75, 3.05) is 0 Å². The molecule has 1 heterocycles. The van der Waals surface area contributed by atoms with Gasteiger partial charge >= 0.3 is 0 Å². The van der Waals surface area contributed by atoms with E-state index < -0.39 is 0 Å². The Hall–Kier alpha value is -0.730. The monoisotopic (exact) mass is 223 g/mol. The molecule has 1 aliphatic heterocycles. The summed E-state index contributed by atoms with van der Waals surface area (Å²) < 4.78 is 6.04. The van der Waals surface area contributed by atoms with Crippen molar-refractivity contribution in [1.82, 2.24) is 0 Å².